The number of nitrogens with zero attached hydrogens (tertiary/aromatic N) is 1. The Bertz CT molecular complexity index is 724. The number of fused-ring (bicyclic) bond motifs is 1. The molecule has 0 aromatic heterocycles. The van der Waals surface area contributed by atoms with Gasteiger partial charge in [0, 0.05) is 18.5 Å². The summed E-state index contributed by atoms with van der Waals surface area (Å²) in [7, 11) is 2.08. The second-order valence-electron chi connectivity index (χ2n) is 6.15. The number of hydrogen-bond donors (Lipinski definition) is 1. The van der Waals surface area contributed by atoms with Gasteiger partial charge in [0.2, 0.25) is 0 Å². The number of carbonyl (C=O) groups is 1. The molecule has 1 N–H and O–H groups in total. The van der Waals surface area contributed by atoms with E-state index in [0.717, 1.165) is 31.3 Å². The first-order chi connectivity index (χ1) is 11.0. The quantitative estimate of drug-likeness (QED) is 0.941. The van der Waals surface area contributed by atoms with Crippen molar-refractivity contribution in [2.45, 2.75) is 25.4 Å². The summed E-state index contributed by atoms with van der Waals surface area (Å²) in [4.78, 5) is 13.2. The van der Waals surface area contributed by atoms with Crippen LogP contribution in [0.1, 0.15) is 18.4 Å². The molecule has 1 heterocycles. The number of carboxylic acid groups (broad SMARTS) is 1. The molecule has 0 bridgehead atoms. The molecular weight excluding hydrogens is 297 g/mol. The molecule has 0 spiro atoms. The normalized spacial score (nSPS) is 16.6. The van der Waals surface area contributed by atoms with E-state index in [1.165, 1.54) is 12.1 Å². The summed E-state index contributed by atoms with van der Waals surface area (Å²) >= 11 is 0. The molecule has 4 nitrogen and oxygen atoms in total. The van der Waals surface area contributed by atoms with Gasteiger partial charge in [0.25, 0.3) is 0 Å². The van der Waals surface area contributed by atoms with Gasteiger partial charge in [-0.05, 0) is 49.0 Å². The standard InChI is InChI=1S/C18H20FNO3/c1-20-6-4-15(5-7-20)23-17-9-12(10-18(21)22)8-13-2-3-14(19)11-16(13)17/h2-3,8-9,11,15H,4-7,10H2,1H3,(H,21,22). The van der Waals surface area contributed by atoms with Gasteiger partial charge in [-0.2, -0.15) is 0 Å². The minimum atomic E-state index is -0.892. The number of ether oxygens (including phenoxy) is 1. The second-order valence-corrected chi connectivity index (χ2v) is 6.15. The summed E-state index contributed by atoms with van der Waals surface area (Å²) in [5.41, 5.74) is 0.666. The Morgan fingerprint density at radius 2 is 2.04 bits per heavy atom. The van der Waals surface area contributed by atoms with Gasteiger partial charge >= 0.3 is 5.97 Å². The lowest BCUT2D eigenvalue weighted by Gasteiger charge is -2.29. The van der Waals surface area contributed by atoms with Gasteiger partial charge in [0.15, 0.2) is 0 Å². The van der Waals surface area contributed by atoms with Crippen LogP contribution in [0.4, 0.5) is 4.39 Å². The fraction of sp³-hybridized carbons (Fsp3) is 0.389. The number of piperidine rings is 1. The summed E-state index contributed by atoms with van der Waals surface area (Å²) in [6.45, 7) is 1.93. The zero-order chi connectivity index (χ0) is 16.4. The van der Waals surface area contributed by atoms with Crippen molar-refractivity contribution in [3.8, 4) is 5.75 Å². The summed E-state index contributed by atoms with van der Waals surface area (Å²) in [5.74, 6) is -0.638. The zero-order valence-electron chi connectivity index (χ0n) is 13.1. The largest absolute Gasteiger partial charge is 0.490 e. The van der Waals surface area contributed by atoms with Crippen molar-refractivity contribution in [2.75, 3.05) is 20.1 Å². The molecule has 1 aliphatic heterocycles. The van der Waals surface area contributed by atoms with Crippen LogP contribution in [-0.4, -0.2) is 42.2 Å². The highest BCUT2D eigenvalue weighted by Gasteiger charge is 2.19. The Hall–Kier alpha value is -2.14. The molecule has 23 heavy (non-hydrogen) atoms. The van der Waals surface area contributed by atoms with E-state index in [4.69, 9.17) is 9.84 Å². The number of likely N-dealkylation sites (tertiary alicyclic amines) is 1. The van der Waals surface area contributed by atoms with Crippen LogP contribution in [0.2, 0.25) is 0 Å². The Balaban J connectivity index is 1.94. The topological polar surface area (TPSA) is 49.8 Å². The van der Waals surface area contributed by atoms with Gasteiger partial charge in [-0.1, -0.05) is 12.1 Å². The number of aliphatic carboxylic acids is 1. The summed E-state index contributed by atoms with van der Waals surface area (Å²) in [6, 6.07) is 8.01. The van der Waals surface area contributed by atoms with Gasteiger partial charge in [-0.15, -0.1) is 0 Å². The molecule has 122 valence electrons. The Morgan fingerprint density at radius 1 is 1.30 bits per heavy atom. The van der Waals surface area contributed by atoms with E-state index < -0.39 is 5.97 Å². The first-order valence-electron chi connectivity index (χ1n) is 7.80. The van der Waals surface area contributed by atoms with Crippen LogP contribution in [0.5, 0.6) is 5.75 Å². The number of rotatable bonds is 4. The lowest BCUT2D eigenvalue weighted by molar-refractivity contribution is -0.136. The van der Waals surface area contributed by atoms with Crippen LogP contribution in [0.3, 0.4) is 0 Å². The van der Waals surface area contributed by atoms with Crippen LogP contribution >= 0.6 is 0 Å². The molecule has 0 atom stereocenters. The maximum absolute atomic E-state index is 13.6. The van der Waals surface area contributed by atoms with Crippen molar-refractivity contribution in [2.24, 2.45) is 0 Å². The fourth-order valence-corrected chi connectivity index (χ4v) is 3.01. The minimum Gasteiger partial charge on any atom is -0.490 e. The molecule has 2 aromatic carbocycles. The van der Waals surface area contributed by atoms with Gasteiger partial charge in [-0.3, -0.25) is 4.79 Å². The maximum Gasteiger partial charge on any atom is 0.307 e. The first kappa shape index (κ1) is 15.7. The average Bonchev–Trinajstić information content (AvgIpc) is 2.49. The lowest BCUT2D eigenvalue weighted by atomic mass is 10.0. The molecule has 0 radical (unpaired) electrons. The molecule has 1 fully saturated rings. The molecule has 0 aliphatic carbocycles. The van der Waals surface area contributed by atoms with E-state index in [0.29, 0.717) is 16.7 Å². The third kappa shape index (κ3) is 3.79. The van der Waals surface area contributed by atoms with Crippen molar-refractivity contribution in [1.82, 2.24) is 4.90 Å². The van der Waals surface area contributed by atoms with Gasteiger partial charge in [0.05, 0.1) is 6.42 Å². The van der Waals surface area contributed by atoms with Crippen molar-refractivity contribution in [3.63, 3.8) is 0 Å². The zero-order valence-corrected chi connectivity index (χ0v) is 13.1. The number of benzene rings is 2. The molecule has 5 heteroatoms. The van der Waals surface area contributed by atoms with Crippen LogP contribution in [0.25, 0.3) is 10.8 Å². The number of carboxylic acids is 1. The van der Waals surface area contributed by atoms with Crippen LogP contribution < -0.4 is 4.74 Å². The van der Waals surface area contributed by atoms with Crippen molar-refractivity contribution < 1.29 is 19.0 Å². The number of hydrogen-bond acceptors (Lipinski definition) is 3. The van der Waals surface area contributed by atoms with E-state index in [9.17, 15) is 9.18 Å². The predicted octanol–water partition coefficient (Wildman–Crippen LogP) is 3.08. The highest BCUT2D eigenvalue weighted by atomic mass is 19.1. The Morgan fingerprint density at radius 3 is 2.74 bits per heavy atom. The Labute approximate surface area is 134 Å². The molecule has 1 aliphatic rings. The van der Waals surface area contributed by atoms with Crippen molar-refractivity contribution in [1.29, 1.82) is 0 Å². The van der Waals surface area contributed by atoms with Crippen LogP contribution in [0.15, 0.2) is 30.3 Å². The molecule has 3 rings (SSSR count). The summed E-state index contributed by atoms with van der Waals surface area (Å²) in [5, 5.41) is 10.5. The smallest absolute Gasteiger partial charge is 0.307 e. The van der Waals surface area contributed by atoms with E-state index in [1.807, 2.05) is 0 Å². The fourth-order valence-electron chi connectivity index (χ4n) is 3.01. The molecule has 0 unspecified atom stereocenters. The molecular formula is C18H20FNO3. The molecule has 0 saturated carbocycles. The minimum absolute atomic E-state index is 0.0723. The summed E-state index contributed by atoms with van der Waals surface area (Å²) < 4.78 is 19.7. The first-order valence-corrected chi connectivity index (χ1v) is 7.80. The maximum atomic E-state index is 13.6. The molecule has 1 saturated heterocycles. The second kappa shape index (κ2) is 6.54. The number of halogens is 1. The van der Waals surface area contributed by atoms with Crippen LogP contribution in [-0.2, 0) is 11.2 Å². The van der Waals surface area contributed by atoms with Gasteiger partial charge in [0.1, 0.15) is 17.7 Å². The van der Waals surface area contributed by atoms with E-state index in [-0.39, 0.29) is 18.3 Å². The SMILES string of the molecule is CN1CCC(Oc2cc(CC(=O)O)cc3ccc(F)cc23)CC1. The highest BCUT2D eigenvalue weighted by molar-refractivity contribution is 5.90. The average molecular weight is 317 g/mol. The van der Waals surface area contributed by atoms with Gasteiger partial charge in [-0.25, -0.2) is 4.39 Å². The summed E-state index contributed by atoms with van der Waals surface area (Å²) in [6.07, 6.45) is 1.84. The third-order valence-electron chi connectivity index (χ3n) is 4.25. The third-order valence-corrected chi connectivity index (χ3v) is 4.25. The van der Waals surface area contributed by atoms with Gasteiger partial charge < -0.3 is 14.7 Å². The molecule has 0 amide bonds. The molecule has 2 aromatic rings. The monoisotopic (exact) mass is 317 g/mol. The van der Waals surface area contributed by atoms with Crippen LogP contribution in [0, 0.1) is 5.82 Å². The van der Waals surface area contributed by atoms with E-state index in [2.05, 4.69) is 11.9 Å². The van der Waals surface area contributed by atoms with Crippen molar-refractivity contribution in [3.05, 3.63) is 41.7 Å². The van der Waals surface area contributed by atoms with Crippen molar-refractivity contribution >= 4 is 16.7 Å². The predicted molar refractivity (Wildman–Crippen MR) is 86.4 cm³/mol. The van der Waals surface area contributed by atoms with E-state index in [1.54, 1.807) is 18.2 Å². The highest BCUT2D eigenvalue weighted by Crippen LogP contribution is 2.31. The lowest BCUT2D eigenvalue weighted by Crippen LogP contribution is -2.35. The van der Waals surface area contributed by atoms with E-state index >= 15 is 0 Å². The Kier molecular flexibility index (Phi) is 4.48.